The Bertz CT molecular complexity index is 323. The lowest BCUT2D eigenvalue weighted by atomic mass is 9.95. The van der Waals surface area contributed by atoms with Gasteiger partial charge in [0.25, 0.3) is 0 Å². The molecule has 96 valence electrons. The molecular formula is C9H19ClN2O3S. The zero-order valence-electron chi connectivity index (χ0n) is 9.39. The van der Waals surface area contributed by atoms with Gasteiger partial charge in [-0.2, -0.15) is 4.31 Å². The van der Waals surface area contributed by atoms with Crippen LogP contribution in [0.15, 0.2) is 0 Å². The lowest BCUT2D eigenvalue weighted by molar-refractivity contribution is 0.0179. The van der Waals surface area contributed by atoms with Crippen LogP contribution in [0.25, 0.3) is 0 Å². The summed E-state index contributed by atoms with van der Waals surface area (Å²) in [6, 6.07) is 0. The summed E-state index contributed by atoms with van der Waals surface area (Å²) in [7, 11) is -3.07. The van der Waals surface area contributed by atoms with E-state index in [1.54, 1.807) is 4.31 Å². The summed E-state index contributed by atoms with van der Waals surface area (Å²) >= 11 is 0. The quantitative estimate of drug-likeness (QED) is 0.709. The van der Waals surface area contributed by atoms with Crippen LogP contribution in [0.1, 0.15) is 6.42 Å². The number of hydrogen-bond acceptors (Lipinski definition) is 4. The molecule has 0 aliphatic carbocycles. The Morgan fingerprint density at radius 1 is 1.44 bits per heavy atom. The van der Waals surface area contributed by atoms with Crippen LogP contribution in [0.4, 0.5) is 0 Å². The van der Waals surface area contributed by atoms with E-state index < -0.39 is 10.0 Å². The van der Waals surface area contributed by atoms with Crippen molar-refractivity contribution >= 4 is 22.4 Å². The molecule has 2 fully saturated rings. The van der Waals surface area contributed by atoms with Crippen molar-refractivity contribution in [2.45, 2.75) is 12.5 Å². The maximum Gasteiger partial charge on any atom is 0.211 e. The second-order valence-corrected chi connectivity index (χ2v) is 6.27. The minimum Gasteiger partial charge on any atom is -0.375 e. The maximum absolute atomic E-state index is 11.5. The minimum absolute atomic E-state index is 0. The number of piperidine rings is 1. The zero-order chi connectivity index (χ0) is 10.9. The van der Waals surface area contributed by atoms with Crippen molar-refractivity contribution in [1.82, 2.24) is 9.62 Å². The van der Waals surface area contributed by atoms with Gasteiger partial charge in [0.05, 0.1) is 19.0 Å². The van der Waals surface area contributed by atoms with Crippen LogP contribution in [-0.2, 0) is 14.8 Å². The Kier molecular flexibility index (Phi) is 5.00. The normalized spacial score (nSPS) is 32.3. The molecule has 0 bridgehead atoms. The maximum atomic E-state index is 11.5. The molecule has 0 amide bonds. The summed E-state index contributed by atoms with van der Waals surface area (Å²) in [6.07, 6.45) is 2.45. The van der Waals surface area contributed by atoms with E-state index in [0.717, 1.165) is 19.5 Å². The number of hydrogen-bond donors (Lipinski definition) is 1. The van der Waals surface area contributed by atoms with E-state index in [0.29, 0.717) is 25.6 Å². The fourth-order valence-corrected chi connectivity index (χ4v) is 3.12. The number of fused-ring (bicyclic) bond motifs is 1. The summed E-state index contributed by atoms with van der Waals surface area (Å²) < 4.78 is 30.1. The summed E-state index contributed by atoms with van der Waals surface area (Å²) in [5, 5.41) is 3.27. The van der Waals surface area contributed by atoms with Gasteiger partial charge in [0.1, 0.15) is 0 Å². The largest absolute Gasteiger partial charge is 0.375 e. The second-order valence-electron chi connectivity index (χ2n) is 4.28. The van der Waals surface area contributed by atoms with Gasteiger partial charge in [-0.05, 0) is 13.0 Å². The first-order valence-corrected chi connectivity index (χ1v) is 7.19. The van der Waals surface area contributed by atoms with E-state index in [4.69, 9.17) is 4.74 Å². The van der Waals surface area contributed by atoms with Gasteiger partial charge in [-0.15, -0.1) is 12.4 Å². The summed E-state index contributed by atoms with van der Waals surface area (Å²) in [6.45, 7) is 3.43. The van der Waals surface area contributed by atoms with Gasteiger partial charge in [-0.25, -0.2) is 8.42 Å². The van der Waals surface area contributed by atoms with Crippen molar-refractivity contribution in [3.8, 4) is 0 Å². The van der Waals surface area contributed by atoms with E-state index in [1.165, 1.54) is 6.26 Å². The predicted molar refractivity (Wildman–Crippen MR) is 64.4 cm³/mol. The van der Waals surface area contributed by atoms with E-state index in [2.05, 4.69) is 5.32 Å². The number of nitrogens with zero attached hydrogens (tertiary/aromatic N) is 1. The summed E-state index contributed by atoms with van der Waals surface area (Å²) in [4.78, 5) is 0. The molecule has 16 heavy (non-hydrogen) atoms. The van der Waals surface area contributed by atoms with Crippen molar-refractivity contribution in [1.29, 1.82) is 0 Å². The van der Waals surface area contributed by atoms with Crippen molar-refractivity contribution < 1.29 is 13.2 Å². The van der Waals surface area contributed by atoms with Gasteiger partial charge < -0.3 is 10.1 Å². The molecule has 0 unspecified atom stereocenters. The highest BCUT2D eigenvalue weighted by Crippen LogP contribution is 2.21. The van der Waals surface area contributed by atoms with E-state index in [9.17, 15) is 8.42 Å². The van der Waals surface area contributed by atoms with Crippen LogP contribution in [0.2, 0.25) is 0 Å². The third kappa shape index (κ3) is 3.30. The lowest BCUT2D eigenvalue weighted by Gasteiger charge is -2.31. The molecule has 5 nitrogen and oxygen atoms in total. The van der Waals surface area contributed by atoms with Crippen LogP contribution in [-0.4, -0.2) is 57.9 Å². The van der Waals surface area contributed by atoms with Crippen LogP contribution in [0.5, 0.6) is 0 Å². The third-order valence-corrected chi connectivity index (χ3v) is 4.41. The standard InChI is InChI=1S/C9H18N2O3S.ClH/c1-15(12,13)11-4-5-14-9-6-10-3-2-8(9)7-11;/h8-10H,2-7H2,1H3;1H/t8-,9+;/m0./s1. The monoisotopic (exact) mass is 270 g/mol. The molecule has 0 aromatic carbocycles. The summed E-state index contributed by atoms with van der Waals surface area (Å²) in [5.74, 6) is 0.350. The molecule has 0 radical (unpaired) electrons. The van der Waals surface area contributed by atoms with E-state index in [1.807, 2.05) is 0 Å². The number of halogens is 1. The molecule has 2 aliphatic rings. The predicted octanol–water partition coefficient (Wildman–Crippen LogP) is -0.322. The Morgan fingerprint density at radius 3 is 2.88 bits per heavy atom. The van der Waals surface area contributed by atoms with Crippen molar-refractivity contribution in [3.63, 3.8) is 0 Å². The first kappa shape index (κ1) is 14.2. The van der Waals surface area contributed by atoms with E-state index in [-0.39, 0.29) is 18.5 Å². The molecule has 2 atom stereocenters. The molecule has 2 heterocycles. The third-order valence-electron chi connectivity index (χ3n) is 3.14. The van der Waals surface area contributed by atoms with Crippen LogP contribution < -0.4 is 5.32 Å². The highest BCUT2D eigenvalue weighted by molar-refractivity contribution is 7.88. The average Bonchev–Trinajstić information content (AvgIpc) is 2.38. The molecule has 1 N–H and O–H groups in total. The van der Waals surface area contributed by atoms with Gasteiger partial charge in [-0.3, -0.25) is 0 Å². The van der Waals surface area contributed by atoms with Crippen molar-refractivity contribution in [2.75, 3.05) is 39.0 Å². The number of sulfonamides is 1. The molecule has 0 aromatic heterocycles. The molecule has 0 spiro atoms. The van der Waals surface area contributed by atoms with Gasteiger partial charge in [0, 0.05) is 25.6 Å². The Hall–Kier alpha value is 0.120. The zero-order valence-corrected chi connectivity index (χ0v) is 11.0. The van der Waals surface area contributed by atoms with Gasteiger partial charge in [0.2, 0.25) is 10.0 Å². The van der Waals surface area contributed by atoms with Crippen molar-refractivity contribution in [3.05, 3.63) is 0 Å². The first-order chi connectivity index (χ1) is 7.07. The molecule has 0 aromatic rings. The highest BCUT2D eigenvalue weighted by Gasteiger charge is 2.32. The topological polar surface area (TPSA) is 58.6 Å². The Labute approximate surface area is 103 Å². The van der Waals surface area contributed by atoms with Crippen LogP contribution in [0.3, 0.4) is 0 Å². The Morgan fingerprint density at radius 2 is 2.19 bits per heavy atom. The number of nitrogens with one attached hydrogen (secondary N) is 1. The van der Waals surface area contributed by atoms with Gasteiger partial charge >= 0.3 is 0 Å². The summed E-state index contributed by atoms with van der Waals surface area (Å²) in [5.41, 5.74) is 0. The van der Waals surface area contributed by atoms with Crippen molar-refractivity contribution in [2.24, 2.45) is 5.92 Å². The lowest BCUT2D eigenvalue weighted by Crippen LogP contribution is -2.45. The average molecular weight is 271 g/mol. The molecule has 0 saturated carbocycles. The van der Waals surface area contributed by atoms with Crippen LogP contribution in [0, 0.1) is 5.92 Å². The SMILES string of the molecule is CS(=O)(=O)N1CCO[C@@H]2CNCC[C@H]2C1.Cl. The molecular weight excluding hydrogens is 252 g/mol. The number of rotatable bonds is 1. The van der Waals surface area contributed by atoms with Gasteiger partial charge in [-0.1, -0.05) is 0 Å². The second kappa shape index (κ2) is 5.64. The highest BCUT2D eigenvalue weighted by atomic mass is 35.5. The Balaban J connectivity index is 0.00000128. The molecule has 7 heteroatoms. The van der Waals surface area contributed by atoms with Gasteiger partial charge in [0.15, 0.2) is 0 Å². The van der Waals surface area contributed by atoms with Crippen LogP contribution >= 0.6 is 12.4 Å². The smallest absolute Gasteiger partial charge is 0.211 e. The molecule has 2 aliphatic heterocycles. The van der Waals surface area contributed by atoms with E-state index >= 15 is 0 Å². The number of ether oxygens (including phenoxy) is 1. The first-order valence-electron chi connectivity index (χ1n) is 5.35. The minimum atomic E-state index is -3.07. The molecule has 2 saturated heterocycles. The fraction of sp³-hybridized carbons (Fsp3) is 1.00. The fourth-order valence-electron chi connectivity index (χ4n) is 2.25. The molecule has 2 rings (SSSR count).